The van der Waals surface area contributed by atoms with Crippen LogP contribution in [0.1, 0.15) is 19.8 Å². The SMILES string of the molecule is CCCCOCCN1CCN(c2ccccc2N)CC1. The molecule has 1 saturated heterocycles. The second kappa shape index (κ2) is 8.12. The van der Waals surface area contributed by atoms with Gasteiger partial charge in [-0.15, -0.1) is 0 Å². The van der Waals surface area contributed by atoms with Gasteiger partial charge >= 0.3 is 0 Å². The second-order valence-corrected chi connectivity index (χ2v) is 5.35. The number of hydrogen-bond donors (Lipinski definition) is 1. The number of rotatable bonds is 7. The van der Waals surface area contributed by atoms with Crippen molar-refractivity contribution in [3.8, 4) is 0 Å². The van der Waals surface area contributed by atoms with Gasteiger partial charge in [-0.05, 0) is 18.6 Å². The van der Waals surface area contributed by atoms with E-state index in [0.717, 1.165) is 51.6 Å². The summed E-state index contributed by atoms with van der Waals surface area (Å²) in [6.45, 7) is 9.26. The van der Waals surface area contributed by atoms with Gasteiger partial charge in [0.15, 0.2) is 0 Å². The topological polar surface area (TPSA) is 41.7 Å². The Balaban J connectivity index is 1.69. The van der Waals surface area contributed by atoms with Crippen LogP contribution in [-0.4, -0.2) is 50.8 Å². The Bertz CT molecular complexity index is 389. The lowest BCUT2D eigenvalue weighted by atomic mass is 10.2. The molecule has 0 atom stereocenters. The maximum Gasteiger partial charge on any atom is 0.0600 e. The zero-order valence-electron chi connectivity index (χ0n) is 12.6. The van der Waals surface area contributed by atoms with Gasteiger partial charge in [0, 0.05) is 39.3 Å². The van der Waals surface area contributed by atoms with E-state index in [4.69, 9.17) is 10.5 Å². The summed E-state index contributed by atoms with van der Waals surface area (Å²) in [5.41, 5.74) is 8.09. The maximum atomic E-state index is 6.04. The van der Waals surface area contributed by atoms with Crippen LogP contribution in [0, 0.1) is 0 Å². The molecule has 4 heteroatoms. The first kappa shape index (κ1) is 15.1. The minimum Gasteiger partial charge on any atom is -0.397 e. The molecule has 0 aliphatic carbocycles. The Morgan fingerprint density at radius 2 is 1.85 bits per heavy atom. The number of nitrogen functional groups attached to an aromatic ring is 1. The van der Waals surface area contributed by atoms with Crippen molar-refractivity contribution in [3.05, 3.63) is 24.3 Å². The molecule has 1 aliphatic heterocycles. The molecule has 0 radical (unpaired) electrons. The number of nitrogens with zero attached hydrogens (tertiary/aromatic N) is 2. The van der Waals surface area contributed by atoms with Crippen LogP contribution in [0.2, 0.25) is 0 Å². The predicted molar refractivity (Wildman–Crippen MR) is 85.2 cm³/mol. The minimum absolute atomic E-state index is 0.855. The molecule has 0 spiro atoms. The van der Waals surface area contributed by atoms with Crippen molar-refractivity contribution >= 4 is 11.4 Å². The lowest BCUT2D eigenvalue weighted by molar-refractivity contribution is 0.0994. The molecule has 1 heterocycles. The van der Waals surface area contributed by atoms with Gasteiger partial charge in [0.05, 0.1) is 18.0 Å². The molecule has 4 nitrogen and oxygen atoms in total. The summed E-state index contributed by atoms with van der Waals surface area (Å²) in [6.07, 6.45) is 2.37. The van der Waals surface area contributed by atoms with E-state index in [-0.39, 0.29) is 0 Å². The lowest BCUT2D eigenvalue weighted by Crippen LogP contribution is -2.47. The van der Waals surface area contributed by atoms with Crippen molar-refractivity contribution in [1.29, 1.82) is 0 Å². The van der Waals surface area contributed by atoms with Crippen molar-refractivity contribution in [2.75, 3.05) is 56.6 Å². The molecule has 0 unspecified atom stereocenters. The maximum absolute atomic E-state index is 6.04. The third kappa shape index (κ3) is 4.39. The summed E-state index contributed by atoms with van der Waals surface area (Å²) in [5, 5.41) is 0. The molecule has 2 rings (SSSR count). The van der Waals surface area contributed by atoms with Crippen LogP contribution in [-0.2, 0) is 4.74 Å². The Labute approximate surface area is 122 Å². The summed E-state index contributed by atoms with van der Waals surface area (Å²) < 4.78 is 5.63. The number of unbranched alkanes of at least 4 members (excludes halogenated alkanes) is 1. The van der Waals surface area contributed by atoms with Crippen LogP contribution in [0.3, 0.4) is 0 Å². The fraction of sp³-hybridized carbons (Fsp3) is 0.625. The molecule has 0 bridgehead atoms. The van der Waals surface area contributed by atoms with Gasteiger partial charge in [-0.25, -0.2) is 0 Å². The molecule has 1 fully saturated rings. The van der Waals surface area contributed by atoms with Crippen LogP contribution in [0.5, 0.6) is 0 Å². The van der Waals surface area contributed by atoms with Crippen molar-refractivity contribution < 1.29 is 4.74 Å². The highest BCUT2D eigenvalue weighted by Crippen LogP contribution is 2.23. The molecule has 1 aliphatic rings. The standard InChI is InChI=1S/C16H27N3O/c1-2-3-13-20-14-12-18-8-10-19(11-9-18)16-7-5-4-6-15(16)17/h4-7H,2-3,8-14,17H2,1H3. The lowest BCUT2D eigenvalue weighted by Gasteiger charge is -2.36. The van der Waals surface area contributed by atoms with Gasteiger partial charge < -0.3 is 15.4 Å². The van der Waals surface area contributed by atoms with E-state index in [2.05, 4.69) is 28.9 Å². The quantitative estimate of drug-likeness (QED) is 0.613. The molecule has 20 heavy (non-hydrogen) atoms. The summed E-state index contributed by atoms with van der Waals surface area (Å²) in [5.74, 6) is 0. The number of benzene rings is 1. The second-order valence-electron chi connectivity index (χ2n) is 5.35. The first-order valence-corrected chi connectivity index (χ1v) is 7.71. The van der Waals surface area contributed by atoms with Gasteiger partial charge in [-0.2, -0.15) is 0 Å². The number of piperazine rings is 1. The van der Waals surface area contributed by atoms with E-state index in [1.807, 2.05) is 12.1 Å². The molecular formula is C16H27N3O. The molecule has 0 saturated carbocycles. The van der Waals surface area contributed by atoms with Crippen molar-refractivity contribution in [3.63, 3.8) is 0 Å². The summed E-state index contributed by atoms with van der Waals surface area (Å²) >= 11 is 0. The van der Waals surface area contributed by atoms with Gasteiger partial charge in [0.25, 0.3) is 0 Å². The van der Waals surface area contributed by atoms with E-state index in [0.29, 0.717) is 0 Å². The minimum atomic E-state index is 0.855. The largest absolute Gasteiger partial charge is 0.397 e. The average molecular weight is 277 g/mol. The molecule has 0 amide bonds. The van der Waals surface area contributed by atoms with E-state index in [1.54, 1.807) is 0 Å². The van der Waals surface area contributed by atoms with Crippen LogP contribution >= 0.6 is 0 Å². The fourth-order valence-electron chi connectivity index (χ4n) is 2.53. The Morgan fingerprint density at radius 3 is 2.55 bits per heavy atom. The zero-order chi connectivity index (χ0) is 14.2. The van der Waals surface area contributed by atoms with Gasteiger partial charge in [-0.3, -0.25) is 4.90 Å². The molecule has 0 aromatic heterocycles. The fourth-order valence-corrected chi connectivity index (χ4v) is 2.53. The van der Waals surface area contributed by atoms with Crippen LogP contribution < -0.4 is 10.6 Å². The van der Waals surface area contributed by atoms with E-state index < -0.39 is 0 Å². The Hall–Kier alpha value is -1.26. The normalized spacial score (nSPS) is 16.6. The summed E-state index contributed by atoms with van der Waals surface area (Å²) in [4.78, 5) is 4.85. The third-order valence-electron chi connectivity index (χ3n) is 3.84. The van der Waals surface area contributed by atoms with E-state index in [9.17, 15) is 0 Å². The van der Waals surface area contributed by atoms with Gasteiger partial charge in [0.1, 0.15) is 0 Å². The highest BCUT2D eigenvalue weighted by molar-refractivity contribution is 5.67. The molecule has 2 N–H and O–H groups in total. The van der Waals surface area contributed by atoms with E-state index in [1.165, 1.54) is 18.5 Å². The highest BCUT2D eigenvalue weighted by Gasteiger charge is 2.17. The average Bonchev–Trinajstić information content (AvgIpc) is 2.48. The zero-order valence-corrected chi connectivity index (χ0v) is 12.6. The highest BCUT2D eigenvalue weighted by atomic mass is 16.5. The monoisotopic (exact) mass is 277 g/mol. The Morgan fingerprint density at radius 1 is 1.10 bits per heavy atom. The van der Waals surface area contributed by atoms with Gasteiger partial charge in [0.2, 0.25) is 0 Å². The van der Waals surface area contributed by atoms with Crippen molar-refractivity contribution in [2.45, 2.75) is 19.8 Å². The number of nitrogens with two attached hydrogens (primary N) is 1. The van der Waals surface area contributed by atoms with E-state index >= 15 is 0 Å². The van der Waals surface area contributed by atoms with Crippen molar-refractivity contribution in [1.82, 2.24) is 4.90 Å². The molecular weight excluding hydrogens is 250 g/mol. The first-order chi connectivity index (χ1) is 9.81. The summed E-state index contributed by atoms with van der Waals surface area (Å²) in [6, 6.07) is 8.13. The van der Waals surface area contributed by atoms with Gasteiger partial charge in [-0.1, -0.05) is 25.5 Å². The molecule has 1 aromatic carbocycles. The molecule has 112 valence electrons. The number of anilines is 2. The van der Waals surface area contributed by atoms with Crippen LogP contribution in [0.25, 0.3) is 0 Å². The Kier molecular flexibility index (Phi) is 6.15. The smallest absolute Gasteiger partial charge is 0.0600 e. The predicted octanol–water partition coefficient (Wildman–Crippen LogP) is 2.21. The summed E-state index contributed by atoms with van der Waals surface area (Å²) in [7, 11) is 0. The first-order valence-electron chi connectivity index (χ1n) is 7.71. The third-order valence-corrected chi connectivity index (χ3v) is 3.84. The number of hydrogen-bond acceptors (Lipinski definition) is 4. The van der Waals surface area contributed by atoms with Crippen molar-refractivity contribution in [2.24, 2.45) is 0 Å². The number of para-hydroxylation sites is 2. The van der Waals surface area contributed by atoms with Crippen LogP contribution in [0.4, 0.5) is 11.4 Å². The number of ether oxygens (including phenoxy) is 1. The van der Waals surface area contributed by atoms with Crippen LogP contribution in [0.15, 0.2) is 24.3 Å². The molecule has 1 aromatic rings.